The van der Waals surface area contributed by atoms with Crippen LogP contribution in [0.3, 0.4) is 0 Å². The third kappa shape index (κ3) is 3.90. The molecule has 0 saturated carbocycles. The minimum Gasteiger partial charge on any atom is -0.399 e. The lowest BCUT2D eigenvalue weighted by molar-refractivity contribution is 0.306. The lowest BCUT2D eigenvalue weighted by Gasteiger charge is -2.38. The third-order valence-corrected chi connectivity index (χ3v) is 6.58. The summed E-state index contributed by atoms with van der Waals surface area (Å²) in [4.78, 5) is 15.7. The van der Waals surface area contributed by atoms with Crippen molar-refractivity contribution in [3.05, 3.63) is 36.8 Å². The number of hydrogen-bond acceptors (Lipinski definition) is 7. The number of anilines is 2. The Labute approximate surface area is 170 Å². The van der Waals surface area contributed by atoms with Gasteiger partial charge in [-0.25, -0.2) is 22.7 Å². The Morgan fingerprint density at radius 1 is 1.28 bits per heavy atom. The maximum atomic E-state index is 12.0. The minimum atomic E-state index is -3.21. The zero-order valence-electron chi connectivity index (χ0n) is 16.6. The van der Waals surface area contributed by atoms with E-state index in [4.69, 9.17) is 10.7 Å². The molecule has 2 N–H and O–H groups in total. The van der Waals surface area contributed by atoms with E-state index >= 15 is 0 Å². The summed E-state index contributed by atoms with van der Waals surface area (Å²) in [6.07, 6.45) is 6.43. The molecule has 3 heterocycles. The van der Waals surface area contributed by atoms with E-state index in [1.165, 1.54) is 6.26 Å². The molecule has 0 radical (unpaired) electrons. The monoisotopic (exact) mass is 415 g/mol. The average molecular weight is 416 g/mol. The van der Waals surface area contributed by atoms with Crippen molar-refractivity contribution in [1.82, 2.24) is 23.8 Å². The predicted molar refractivity (Wildman–Crippen MR) is 114 cm³/mol. The molecule has 2 aromatic heterocycles. The second kappa shape index (κ2) is 7.60. The van der Waals surface area contributed by atoms with Gasteiger partial charge >= 0.3 is 0 Å². The van der Waals surface area contributed by atoms with E-state index in [-0.39, 0.29) is 6.04 Å². The molecular formula is C19H25N7O2S. The normalized spacial score (nSPS) is 18.2. The molecule has 1 fully saturated rings. The van der Waals surface area contributed by atoms with Crippen molar-refractivity contribution < 1.29 is 8.42 Å². The molecule has 3 aromatic rings. The molecule has 0 bridgehead atoms. The zero-order valence-corrected chi connectivity index (χ0v) is 17.4. The molecule has 1 aliphatic rings. The van der Waals surface area contributed by atoms with E-state index in [1.807, 2.05) is 35.8 Å². The number of fused-ring (bicyclic) bond motifs is 1. The first-order valence-corrected chi connectivity index (χ1v) is 11.5. The summed E-state index contributed by atoms with van der Waals surface area (Å²) >= 11 is 0. The van der Waals surface area contributed by atoms with Crippen molar-refractivity contribution in [3.63, 3.8) is 0 Å². The number of hydrogen-bond donors (Lipinski definition) is 1. The van der Waals surface area contributed by atoms with E-state index in [0.29, 0.717) is 37.1 Å². The summed E-state index contributed by atoms with van der Waals surface area (Å²) in [7, 11) is -3.21. The van der Waals surface area contributed by atoms with E-state index in [2.05, 4.69) is 14.9 Å². The fourth-order valence-electron chi connectivity index (χ4n) is 3.86. The van der Waals surface area contributed by atoms with Gasteiger partial charge < -0.3 is 10.6 Å². The molecule has 1 saturated heterocycles. The summed E-state index contributed by atoms with van der Waals surface area (Å²) < 4.78 is 27.4. The molecule has 10 heteroatoms. The first-order valence-electron chi connectivity index (χ1n) is 9.64. The van der Waals surface area contributed by atoms with Crippen LogP contribution in [0.5, 0.6) is 0 Å². The molecular weight excluding hydrogens is 390 g/mol. The highest BCUT2D eigenvalue weighted by atomic mass is 32.2. The number of piperidine rings is 1. The van der Waals surface area contributed by atoms with Crippen LogP contribution in [0.2, 0.25) is 0 Å². The van der Waals surface area contributed by atoms with Crippen molar-refractivity contribution in [2.24, 2.45) is 0 Å². The number of likely N-dealkylation sites (N-methyl/N-ethyl adjacent to an activating group) is 1. The highest BCUT2D eigenvalue weighted by molar-refractivity contribution is 7.88. The molecule has 4 rings (SSSR count). The summed E-state index contributed by atoms with van der Waals surface area (Å²) in [5.41, 5.74) is 8.22. The van der Waals surface area contributed by atoms with Gasteiger partial charge in [-0.3, -0.25) is 4.57 Å². The smallest absolute Gasteiger partial charge is 0.227 e. The first kappa shape index (κ1) is 19.6. The van der Waals surface area contributed by atoms with Crippen LogP contribution in [-0.2, 0) is 10.0 Å². The predicted octanol–water partition coefficient (Wildman–Crippen LogP) is 1.65. The molecule has 0 aliphatic carbocycles. The van der Waals surface area contributed by atoms with Gasteiger partial charge in [0, 0.05) is 37.6 Å². The number of aromatic nitrogens is 4. The fourth-order valence-corrected chi connectivity index (χ4v) is 4.77. The van der Waals surface area contributed by atoms with Gasteiger partial charge in [0.25, 0.3) is 0 Å². The van der Waals surface area contributed by atoms with Crippen molar-refractivity contribution in [3.8, 4) is 5.82 Å². The lowest BCUT2D eigenvalue weighted by Crippen LogP contribution is -2.50. The zero-order chi connectivity index (χ0) is 20.6. The SMILES string of the molecule is CCN(c1nccc(-n2cnc3cc(N)ccc32)n1)C1CCCN(S(C)(=O)=O)C1. The minimum absolute atomic E-state index is 0.0399. The van der Waals surface area contributed by atoms with Crippen LogP contribution in [0.15, 0.2) is 36.8 Å². The summed E-state index contributed by atoms with van der Waals surface area (Å²) in [6.45, 7) is 3.74. The number of nitrogen functional groups attached to an aromatic ring is 1. The van der Waals surface area contributed by atoms with Crippen LogP contribution < -0.4 is 10.6 Å². The summed E-state index contributed by atoms with van der Waals surface area (Å²) in [6, 6.07) is 7.45. The summed E-state index contributed by atoms with van der Waals surface area (Å²) in [5.74, 6) is 1.29. The molecule has 1 unspecified atom stereocenters. The Morgan fingerprint density at radius 2 is 2.10 bits per heavy atom. The molecule has 1 aromatic carbocycles. The van der Waals surface area contributed by atoms with Gasteiger partial charge in [-0.05, 0) is 44.0 Å². The summed E-state index contributed by atoms with van der Waals surface area (Å²) in [5, 5.41) is 0. The van der Waals surface area contributed by atoms with Gasteiger partial charge in [-0.1, -0.05) is 0 Å². The fraction of sp³-hybridized carbons (Fsp3) is 0.421. The van der Waals surface area contributed by atoms with Crippen LogP contribution in [0.4, 0.5) is 11.6 Å². The van der Waals surface area contributed by atoms with Gasteiger partial charge in [0.05, 0.1) is 17.3 Å². The van der Waals surface area contributed by atoms with E-state index < -0.39 is 10.0 Å². The maximum absolute atomic E-state index is 12.0. The number of benzene rings is 1. The quantitative estimate of drug-likeness (QED) is 0.631. The van der Waals surface area contributed by atoms with E-state index in [0.717, 1.165) is 23.9 Å². The van der Waals surface area contributed by atoms with Gasteiger partial charge in [-0.2, -0.15) is 4.98 Å². The Hall–Kier alpha value is -2.72. The highest BCUT2D eigenvalue weighted by Gasteiger charge is 2.30. The molecule has 0 amide bonds. The van der Waals surface area contributed by atoms with Crippen LogP contribution >= 0.6 is 0 Å². The second-order valence-corrected chi connectivity index (χ2v) is 9.26. The number of imidazole rings is 1. The van der Waals surface area contributed by atoms with Crippen LogP contribution in [0, 0.1) is 0 Å². The van der Waals surface area contributed by atoms with Crippen molar-refractivity contribution in [2.75, 3.05) is 36.5 Å². The van der Waals surface area contributed by atoms with E-state index in [1.54, 1.807) is 16.8 Å². The van der Waals surface area contributed by atoms with Crippen LogP contribution in [0.25, 0.3) is 16.9 Å². The Morgan fingerprint density at radius 3 is 2.86 bits per heavy atom. The van der Waals surface area contributed by atoms with Gasteiger partial charge in [0.2, 0.25) is 16.0 Å². The number of nitrogens with two attached hydrogens (primary N) is 1. The maximum Gasteiger partial charge on any atom is 0.227 e. The second-order valence-electron chi connectivity index (χ2n) is 7.28. The average Bonchev–Trinajstić information content (AvgIpc) is 3.11. The van der Waals surface area contributed by atoms with Crippen LogP contribution in [0.1, 0.15) is 19.8 Å². The Balaban J connectivity index is 1.66. The van der Waals surface area contributed by atoms with Crippen molar-refractivity contribution in [1.29, 1.82) is 0 Å². The highest BCUT2D eigenvalue weighted by Crippen LogP contribution is 2.24. The molecule has 0 spiro atoms. The topological polar surface area (TPSA) is 110 Å². The number of rotatable bonds is 5. The van der Waals surface area contributed by atoms with Crippen LogP contribution in [-0.4, -0.2) is 64.2 Å². The van der Waals surface area contributed by atoms with Gasteiger partial charge in [0.15, 0.2) is 0 Å². The van der Waals surface area contributed by atoms with E-state index in [9.17, 15) is 8.42 Å². The van der Waals surface area contributed by atoms with Crippen molar-refractivity contribution >= 4 is 32.7 Å². The molecule has 1 atom stereocenters. The van der Waals surface area contributed by atoms with Gasteiger partial charge in [-0.15, -0.1) is 0 Å². The molecule has 29 heavy (non-hydrogen) atoms. The Kier molecular flexibility index (Phi) is 5.13. The standard InChI is InChI=1S/C19H25N7O2S/c1-3-25(15-5-4-10-24(12-15)29(2,27)28)19-21-9-8-18(23-19)26-13-22-16-11-14(20)6-7-17(16)26/h6-9,11,13,15H,3-5,10,12,20H2,1-2H3. The molecule has 154 valence electrons. The van der Waals surface area contributed by atoms with Gasteiger partial charge in [0.1, 0.15) is 12.1 Å². The Bertz CT molecular complexity index is 1130. The molecule has 1 aliphatic heterocycles. The largest absolute Gasteiger partial charge is 0.399 e. The number of sulfonamides is 1. The van der Waals surface area contributed by atoms with Crippen molar-refractivity contribution in [2.45, 2.75) is 25.8 Å². The number of nitrogens with zero attached hydrogens (tertiary/aromatic N) is 6. The molecule has 9 nitrogen and oxygen atoms in total. The third-order valence-electron chi connectivity index (χ3n) is 5.31. The first-order chi connectivity index (χ1) is 13.9. The lowest BCUT2D eigenvalue weighted by atomic mass is 10.1.